The van der Waals surface area contributed by atoms with Gasteiger partial charge in [0.1, 0.15) is 17.3 Å². The van der Waals surface area contributed by atoms with E-state index in [0.29, 0.717) is 33.6 Å². The zero-order chi connectivity index (χ0) is 22.1. The van der Waals surface area contributed by atoms with Gasteiger partial charge in [0.15, 0.2) is 5.17 Å². The SMILES string of the molecule is Cc1noc(C)c1C1CC(c2cc(NC(=O)c3ccc(Cl)cn3)ccc2F)N=C(N)S1. The van der Waals surface area contributed by atoms with E-state index < -0.39 is 17.8 Å². The maximum Gasteiger partial charge on any atom is 0.274 e. The number of amidine groups is 1. The molecule has 0 aliphatic carbocycles. The van der Waals surface area contributed by atoms with Crippen LogP contribution in [-0.4, -0.2) is 21.2 Å². The van der Waals surface area contributed by atoms with Crippen LogP contribution in [0.5, 0.6) is 0 Å². The Labute approximate surface area is 187 Å². The summed E-state index contributed by atoms with van der Waals surface area (Å²) in [6.45, 7) is 3.71. The minimum Gasteiger partial charge on any atom is -0.379 e. The summed E-state index contributed by atoms with van der Waals surface area (Å²) in [5, 5.41) is 7.47. The van der Waals surface area contributed by atoms with Gasteiger partial charge in [-0.05, 0) is 50.6 Å². The van der Waals surface area contributed by atoms with E-state index in [1.54, 1.807) is 12.1 Å². The van der Waals surface area contributed by atoms with Crippen molar-refractivity contribution in [1.82, 2.24) is 10.1 Å². The molecule has 31 heavy (non-hydrogen) atoms. The number of carbonyl (C=O) groups excluding carboxylic acids is 1. The van der Waals surface area contributed by atoms with Crippen LogP contribution in [-0.2, 0) is 0 Å². The van der Waals surface area contributed by atoms with E-state index in [-0.39, 0.29) is 10.9 Å². The van der Waals surface area contributed by atoms with Crippen molar-refractivity contribution in [1.29, 1.82) is 0 Å². The van der Waals surface area contributed by atoms with E-state index in [1.165, 1.54) is 36.2 Å². The molecule has 4 rings (SSSR count). The largest absolute Gasteiger partial charge is 0.379 e. The average Bonchev–Trinajstić information content (AvgIpc) is 3.07. The summed E-state index contributed by atoms with van der Waals surface area (Å²) in [5.41, 5.74) is 8.77. The fourth-order valence-corrected chi connectivity index (χ4v) is 4.86. The lowest BCUT2D eigenvalue weighted by atomic mass is 9.97. The normalized spacial score (nSPS) is 18.5. The second-order valence-corrected chi connectivity index (χ2v) is 8.77. The van der Waals surface area contributed by atoms with Crippen molar-refractivity contribution in [3.8, 4) is 0 Å². The molecule has 160 valence electrons. The number of rotatable bonds is 4. The third-order valence-electron chi connectivity index (χ3n) is 4.97. The Morgan fingerprint density at radius 1 is 1.32 bits per heavy atom. The first-order valence-electron chi connectivity index (χ1n) is 9.47. The fraction of sp³-hybridized carbons (Fsp3) is 0.238. The van der Waals surface area contributed by atoms with E-state index in [4.69, 9.17) is 21.9 Å². The van der Waals surface area contributed by atoms with E-state index in [9.17, 15) is 9.18 Å². The summed E-state index contributed by atoms with van der Waals surface area (Å²) in [6.07, 6.45) is 1.90. The molecule has 1 aliphatic rings. The van der Waals surface area contributed by atoms with Gasteiger partial charge < -0.3 is 15.6 Å². The van der Waals surface area contributed by atoms with E-state index in [0.717, 1.165) is 11.3 Å². The van der Waals surface area contributed by atoms with Crippen LogP contribution in [0.4, 0.5) is 10.1 Å². The van der Waals surface area contributed by atoms with Gasteiger partial charge >= 0.3 is 0 Å². The summed E-state index contributed by atoms with van der Waals surface area (Å²) in [7, 11) is 0. The molecule has 10 heteroatoms. The molecule has 0 spiro atoms. The van der Waals surface area contributed by atoms with Gasteiger partial charge in [0, 0.05) is 28.3 Å². The summed E-state index contributed by atoms with van der Waals surface area (Å²) >= 11 is 7.22. The first kappa shape index (κ1) is 21.3. The van der Waals surface area contributed by atoms with Gasteiger partial charge in [-0.25, -0.2) is 9.37 Å². The fourth-order valence-electron chi connectivity index (χ4n) is 3.54. The number of hydrogen-bond donors (Lipinski definition) is 2. The van der Waals surface area contributed by atoms with Crippen LogP contribution < -0.4 is 11.1 Å². The standard InChI is InChI=1S/C21H19ClFN5O2S/c1-10-19(11(2)30-28-10)18-8-17(27-21(24)31-18)14-7-13(4-5-15(14)23)26-20(29)16-6-3-12(22)9-25-16/h3-7,9,17-18H,8H2,1-2H3,(H2,24,27)(H,26,29). The number of halogens is 2. The molecule has 3 N–H and O–H groups in total. The summed E-state index contributed by atoms with van der Waals surface area (Å²) in [6, 6.07) is 6.95. The highest BCUT2D eigenvalue weighted by Gasteiger charge is 2.31. The van der Waals surface area contributed by atoms with E-state index in [1.807, 2.05) is 13.8 Å². The Balaban J connectivity index is 1.59. The second-order valence-electron chi connectivity index (χ2n) is 7.12. The topological polar surface area (TPSA) is 106 Å². The quantitative estimate of drug-likeness (QED) is 0.570. The third-order valence-corrected chi connectivity index (χ3v) is 6.25. The molecule has 1 aliphatic heterocycles. The first-order valence-corrected chi connectivity index (χ1v) is 10.7. The lowest BCUT2D eigenvalue weighted by Gasteiger charge is -2.26. The maximum absolute atomic E-state index is 14.7. The highest BCUT2D eigenvalue weighted by atomic mass is 35.5. The van der Waals surface area contributed by atoms with Crippen molar-refractivity contribution in [2.24, 2.45) is 10.7 Å². The van der Waals surface area contributed by atoms with Gasteiger partial charge in [-0.3, -0.25) is 9.79 Å². The van der Waals surface area contributed by atoms with Gasteiger partial charge in [0.2, 0.25) is 0 Å². The van der Waals surface area contributed by atoms with E-state index in [2.05, 4.69) is 20.4 Å². The van der Waals surface area contributed by atoms with Crippen LogP contribution in [0.25, 0.3) is 0 Å². The number of hydrogen-bond acceptors (Lipinski definition) is 7. The Bertz CT molecular complexity index is 1150. The highest BCUT2D eigenvalue weighted by Crippen LogP contribution is 2.45. The van der Waals surface area contributed by atoms with Crippen molar-refractivity contribution in [3.63, 3.8) is 0 Å². The molecule has 2 unspecified atom stereocenters. The van der Waals surface area contributed by atoms with Crippen molar-refractivity contribution in [3.05, 3.63) is 75.6 Å². The Morgan fingerprint density at radius 3 is 2.81 bits per heavy atom. The van der Waals surface area contributed by atoms with Gasteiger partial charge in [-0.15, -0.1) is 0 Å². The zero-order valence-electron chi connectivity index (χ0n) is 16.7. The zero-order valence-corrected chi connectivity index (χ0v) is 18.3. The molecule has 0 radical (unpaired) electrons. The molecule has 0 bridgehead atoms. The predicted molar refractivity (Wildman–Crippen MR) is 119 cm³/mol. The Hall–Kier alpha value is -2.91. The number of nitrogens with two attached hydrogens (primary N) is 1. The monoisotopic (exact) mass is 459 g/mol. The van der Waals surface area contributed by atoms with Crippen molar-refractivity contribution in [2.75, 3.05) is 5.32 Å². The third kappa shape index (κ3) is 4.57. The highest BCUT2D eigenvalue weighted by molar-refractivity contribution is 8.14. The summed E-state index contributed by atoms with van der Waals surface area (Å²) in [5.74, 6) is -0.140. The van der Waals surface area contributed by atoms with Gasteiger partial charge in [-0.2, -0.15) is 0 Å². The molecule has 1 amide bonds. The first-order chi connectivity index (χ1) is 14.8. The molecule has 0 saturated heterocycles. The van der Waals surface area contributed by atoms with Crippen LogP contribution in [0.2, 0.25) is 5.02 Å². The van der Waals surface area contributed by atoms with Crippen molar-refractivity contribution >= 4 is 40.1 Å². The number of amides is 1. The molecular formula is C21H19ClFN5O2S. The van der Waals surface area contributed by atoms with Crippen molar-refractivity contribution < 1.29 is 13.7 Å². The summed E-state index contributed by atoms with van der Waals surface area (Å²) in [4.78, 5) is 20.9. The van der Waals surface area contributed by atoms with Crippen LogP contribution >= 0.6 is 23.4 Å². The Kier molecular flexibility index (Phi) is 5.97. The smallest absolute Gasteiger partial charge is 0.274 e. The Morgan fingerprint density at radius 2 is 2.13 bits per heavy atom. The molecular weight excluding hydrogens is 441 g/mol. The van der Waals surface area contributed by atoms with Crippen LogP contribution in [0.3, 0.4) is 0 Å². The number of aliphatic imine (C=N–C) groups is 1. The van der Waals surface area contributed by atoms with Crippen molar-refractivity contribution in [2.45, 2.75) is 31.6 Å². The second kappa shape index (κ2) is 8.68. The molecule has 7 nitrogen and oxygen atoms in total. The predicted octanol–water partition coefficient (Wildman–Crippen LogP) is 4.97. The number of pyridine rings is 1. The molecule has 0 saturated carbocycles. The van der Waals surface area contributed by atoms with Crippen LogP contribution in [0.15, 0.2) is 46.0 Å². The summed E-state index contributed by atoms with van der Waals surface area (Å²) < 4.78 is 20.0. The van der Waals surface area contributed by atoms with E-state index >= 15 is 0 Å². The van der Waals surface area contributed by atoms with Gasteiger partial charge in [-0.1, -0.05) is 28.5 Å². The number of carbonyl (C=O) groups is 1. The van der Waals surface area contributed by atoms with Crippen LogP contribution in [0, 0.1) is 19.7 Å². The van der Waals surface area contributed by atoms with Gasteiger partial charge in [0.05, 0.1) is 16.8 Å². The number of nitrogens with zero attached hydrogens (tertiary/aromatic N) is 3. The average molecular weight is 460 g/mol. The number of aromatic nitrogens is 2. The minimum absolute atomic E-state index is 0.0651. The van der Waals surface area contributed by atoms with Gasteiger partial charge in [0.25, 0.3) is 5.91 Å². The number of benzene rings is 1. The number of nitrogens with one attached hydrogen (secondary N) is 1. The number of thioether (sulfide) groups is 1. The number of anilines is 1. The lowest BCUT2D eigenvalue weighted by Crippen LogP contribution is -2.20. The molecule has 3 aromatic rings. The minimum atomic E-state index is -0.509. The molecule has 3 heterocycles. The molecule has 0 fully saturated rings. The molecule has 2 aromatic heterocycles. The molecule has 2 atom stereocenters. The number of aryl methyl sites for hydroxylation is 2. The van der Waals surface area contributed by atoms with Crippen LogP contribution in [0.1, 0.15) is 50.8 Å². The maximum atomic E-state index is 14.7. The molecule has 1 aromatic carbocycles. The lowest BCUT2D eigenvalue weighted by molar-refractivity contribution is 0.102.